The summed E-state index contributed by atoms with van der Waals surface area (Å²) in [6.07, 6.45) is 1.69. The fourth-order valence-corrected chi connectivity index (χ4v) is 3.64. The minimum atomic E-state index is -0.453. The number of hydrogen-bond acceptors (Lipinski definition) is 4. The maximum absolute atomic E-state index is 12.5. The van der Waals surface area contributed by atoms with E-state index < -0.39 is 17.1 Å². The molecular weight excluding hydrogens is 416 g/mol. The van der Waals surface area contributed by atoms with E-state index in [1.54, 1.807) is 24.3 Å². The molecule has 5 nitrogen and oxygen atoms in total. The van der Waals surface area contributed by atoms with Crippen molar-refractivity contribution < 1.29 is 14.4 Å². The summed E-state index contributed by atoms with van der Waals surface area (Å²) < 4.78 is 0.724. The zero-order valence-corrected chi connectivity index (χ0v) is 16.3. The van der Waals surface area contributed by atoms with Crippen LogP contribution in [0.4, 0.5) is 10.5 Å². The highest BCUT2D eigenvalue weighted by Crippen LogP contribution is 2.32. The van der Waals surface area contributed by atoms with Crippen LogP contribution in [0.5, 0.6) is 0 Å². The molecule has 26 heavy (non-hydrogen) atoms. The van der Waals surface area contributed by atoms with E-state index in [-0.39, 0.29) is 6.54 Å². The minimum absolute atomic E-state index is 0.318. The number of carbonyl (C=O) groups is 3. The van der Waals surface area contributed by atoms with E-state index in [4.69, 9.17) is 0 Å². The number of nitrogens with one attached hydrogen (secondary N) is 1. The van der Waals surface area contributed by atoms with E-state index in [9.17, 15) is 14.4 Å². The number of anilines is 1. The smallest absolute Gasteiger partial charge is 0.294 e. The van der Waals surface area contributed by atoms with Gasteiger partial charge in [-0.2, -0.15) is 0 Å². The third-order valence-electron chi connectivity index (χ3n) is 3.80. The quantitative estimate of drug-likeness (QED) is 0.728. The van der Waals surface area contributed by atoms with Gasteiger partial charge in [0, 0.05) is 4.47 Å². The van der Waals surface area contributed by atoms with Crippen LogP contribution in [0, 0.1) is 6.92 Å². The average molecular weight is 431 g/mol. The van der Waals surface area contributed by atoms with Gasteiger partial charge < -0.3 is 5.32 Å². The number of hydrogen-bond donors (Lipinski definition) is 1. The van der Waals surface area contributed by atoms with Crippen molar-refractivity contribution in [2.24, 2.45) is 0 Å². The lowest BCUT2D eigenvalue weighted by Gasteiger charge is -2.13. The van der Waals surface area contributed by atoms with E-state index in [2.05, 4.69) is 21.2 Å². The van der Waals surface area contributed by atoms with Crippen molar-refractivity contribution in [1.82, 2.24) is 4.90 Å². The molecule has 3 amide bonds. The number of rotatable bonds is 4. The molecule has 7 heteroatoms. The summed E-state index contributed by atoms with van der Waals surface area (Å²) in [6.45, 7) is 1.61. The Bertz CT molecular complexity index is 927. The van der Waals surface area contributed by atoms with Gasteiger partial charge in [-0.15, -0.1) is 0 Å². The predicted octanol–water partition coefficient (Wildman–Crippen LogP) is 4.43. The third-order valence-corrected chi connectivity index (χ3v) is 5.40. The molecule has 1 N–H and O–H groups in total. The lowest BCUT2D eigenvalue weighted by molar-refractivity contribution is -0.127. The van der Waals surface area contributed by atoms with Crippen LogP contribution >= 0.6 is 27.7 Å². The summed E-state index contributed by atoms with van der Waals surface area (Å²) >= 11 is 4.19. The van der Waals surface area contributed by atoms with Crippen molar-refractivity contribution in [3.05, 3.63) is 69.0 Å². The van der Waals surface area contributed by atoms with Crippen LogP contribution < -0.4 is 5.32 Å². The summed E-state index contributed by atoms with van der Waals surface area (Å²) in [5, 5.41) is 2.24. The largest absolute Gasteiger partial charge is 0.324 e. The molecule has 1 heterocycles. The van der Waals surface area contributed by atoms with Gasteiger partial charge >= 0.3 is 0 Å². The van der Waals surface area contributed by atoms with E-state index in [1.165, 1.54) is 0 Å². The summed E-state index contributed by atoms with van der Waals surface area (Å²) in [7, 11) is 0. The Morgan fingerprint density at radius 1 is 1.15 bits per heavy atom. The maximum Gasteiger partial charge on any atom is 0.294 e. The van der Waals surface area contributed by atoms with Crippen LogP contribution in [-0.2, 0) is 9.59 Å². The zero-order valence-electron chi connectivity index (χ0n) is 13.9. The number of nitrogens with zero attached hydrogens (tertiary/aromatic N) is 1. The number of thioether (sulfide) groups is 1. The summed E-state index contributed by atoms with van der Waals surface area (Å²) in [5.74, 6) is -0.887. The molecule has 0 spiro atoms. The Labute approximate surface area is 163 Å². The van der Waals surface area contributed by atoms with Crippen LogP contribution in [0.15, 0.2) is 57.9 Å². The molecule has 0 radical (unpaired) electrons. The fraction of sp³-hybridized carbons (Fsp3) is 0.105. The fourth-order valence-electron chi connectivity index (χ4n) is 2.42. The number of halogens is 1. The first-order chi connectivity index (χ1) is 12.5. The Morgan fingerprint density at radius 2 is 1.85 bits per heavy atom. The lowest BCUT2D eigenvalue weighted by atomic mass is 10.1. The van der Waals surface area contributed by atoms with Crippen molar-refractivity contribution in [3.8, 4) is 0 Å². The Balaban J connectivity index is 1.72. The minimum Gasteiger partial charge on any atom is -0.324 e. The highest BCUT2D eigenvalue weighted by atomic mass is 79.9. The van der Waals surface area contributed by atoms with Gasteiger partial charge in [0.1, 0.15) is 6.54 Å². The van der Waals surface area contributed by atoms with Gasteiger partial charge in [-0.05, 0) is 64.0 Å². The Hall–Kier alpha value is -2.38. The number of carbonyl (C=O) groups excluding carboxylic acids is 3. The van der Waals surface area contributed by atoms with Crippen LogP contribution in [-0.4, -0.2) is 28.5 Å². The lowest BCUT2D eigenvalue weighted by Crippen LogP contribution is -2.36. The van der Waals surface area contributed by atoms with Gasteiger partial charge in [-0.1, -0.05) is 36.4 Å². The van der Waals surface area contributed by atoms with E-state index in [0.717, 1.165) is 32.3 Å². The van der Waals surface area contributed by atoms with Gasteiger partial charge in [-0.3, -0.25) is 19.3 Å². The normalized spacial score (nSPS) is 15.6. The molecule has 0 bridgehead atoms. The van der Waals surface area contributed by atoms with Crippen molar-refractivity contribution in [3.63, 3.8) is 0 Å². The first-order valence-corrected chi connectivity index (χ1v) is 9.42. The second-order valence-corrected chi connectivity index (χ2v) is 7.50. The first-order valence-electron chi connectivity index (χ1n) is 7.81. The molecule has 2 aromatic carbocycles. The summed E-state index contributed by atoms with van der Waals surface area (Å²) in [5.41, 5.74) is 2.46. The molecule has 132 valence electrons. The van der Waals surface area contributed by atoms with Crippen molar-refractivity contribution >= 4 is 56.5 Å². The standard InChI is InChI=1S/C19H15BrN2O3S/c1-12-6-2-3-7-13(12)10-16-18(24)22(19(25)26-16)11-17(23)21-15-9-5-4-8-14(15)20/h2-10H,11H2,1H3,(H,21,23)/b16-10+. The summed E-state index contributed by atoms with van der Waals surface area (Å²) in [4.78, 5) is 38.2. The van der Waals surface area contributed by atoms with Crippen molar-refractivity contribution in [1.29, 1.82) is 0 Å². The Morgan fingerprint density at radius 3 is 2.58 bits per heavy atom. The molecule has 2 aromatic rings. The predicted molar refractivity (Wildman–Crippen MR) is 107 cm³/mol. The monoisotopic (exact) mass is 430 g/mol. The molecular formula is C19H15BrN2O3S. The SMILES string of the molecule is Cc1ccccc1/C=C1/SC(=O)N(CC(=O)Nc2ccccc2Br)C1=O. The van der Waals surface area contributed by atoms with Gasteiger partial charge in [0.05, 0.1) is 10.6 Å². The molecule has 0 aromatic heterocycles. The van der Waals surface area contributed by atoms with Gasteiger partial charge in [0.25, 0.3) is 11.1 Å². The van der Waals surface area contributed by atoms with E-state index in [1.807, 2.05) is 37.3 Å². The van der Waals surface area contributed by atoms with Crippen LogP contribution in [0.2, 0.25) is 0 Å². The van der Waals surface area contributed by atoms with Gasteiger partial charge in [0.15, 0.2) is 0 Å². The van der Waals surface area contributed by atoms with Crippen LogP contribution in [0.3, 0.4) is 0 Å². The number of aryl methyl sites for hydroxylation is 1. The molecule has 1 aliphatic rings. The molecule has 1 aliphatic heterocycles. The summed E-state index contributed by atoms with van der Waals surface area (Å²) in [6, 6.07) is 14.7. The zero-order chi connectivity index (χ0) is 18.7. The highest BCUT2D eigenvalue weighted by molar-refractivity contribution is 9.10. The van der Waals surface area contributed by atoms with Crippen molar-refractivity contribution in [2.45, 2.75) is 6.92 Å². The van der Waals surface area contributed by atoms with Crippen LogP contribution in [0.1, 0.15) is 11.1 Å². The average Bonchev–Trinajstić information content (AvgIpc) is 2.86. The van der Waals surface area contributed by atoms with Crippen molar-refractivity contribution in [2.75, 3.05) is 11.9 Å². The third kappa shape index (κ3) is 4.05. The number of para-hydroxylation sites is 1. The first kappa shape index (κ1) is 18.4. The second kappa shape index (κ2) is 7.88. The molecule has 0 aliphatic carbocycles. The van der Waals surface area contributed by atoms with Crippen LogP contribution in [0.25, 0.3) is 6.08 Å². The number of imide groups is 1. The van der Waals surface area contributed by atoms with Gasteiger partial charge in [0.2, 0.25) is 5.91 Å². The molecule has 0 unspecified atom stereocenters. The molecule has 0 saturated carbocycles. The molecule has 1 saturated heterocycles. The number of amides is 3. The highest BCUT2D eigenvalue weighted by Gasteiger charge is 2.36. The second-order valence-electron chi connectivity index (χ2n) is 5.65. The maximum atomic E-state index is 12.5. The molecule has 3 rings (SSSR count). The molecule has 0 atom stereocenters. The van der Waals surface area contributed by atoms with E-state index in [0.29, 0.717) is 10.6 Å². The van der Waals surface area contributed by atoms with E-state index >= 15 is 0 Å². The number of benzene rings is 2. The molecule has 1 fully saturated rings. The Kier molecular flexibility index (Phi) is 5.58. The topological polar surface area (TPSA) is 66.5 Å². The van der Waals surface area contributed by atoms with Gasteiger partial charge in [-0.25, -0.2) is 0 Å².